The minimum absolute atomic E-state index is 0.287. The van der Waals surface area contributed by atoms with Crippen molar-refractivity contribution < 1.29 is 4.74 Å². The zero-order valence-corrected chi connectivity index (χ0v) is 8.76. The standard InChI is InChI=1S/C10H21NO/c1-5-12-8-10(3)6-9(2)7-11(10)4/h9H,5-8H2,1-4H3/t9-,10-/m0/s1. The van der Waals surface area contributed by atoms with Gasteiger partial charge in [-0.25, -0.2) is 0 Å². The summed E-state index contributed by atoms with van der Waals surface area (Å²) in [6.07, 6.45) is 1.27. The summed E-state index contributed by atoms with van der Waals surface area (Å²) in [4.78, 5) is 2.42. The quantitative estimate of drug-likeness (QED) is 0.641. The molecule has 12 heavy (non-hydrogen) atoms. The Kier molecular flexibility index (Phi) is 3.13. The highest BCUT2D eigenvalue weighted by molar-refractivity contribution is 4.92. The monoisotopic (exact) mass is 171 g/mol. The lowest BCUT2D eigenvalue weighted by Gasteiger charge is -2.31. The fourth-order valence-corrected chi connectivity index (χ4v) is 2.15. The Hall–Kier alpha value is -0.0800. The normalized spacial score (nSPS) is 37.5. The van der Waals surface area contributed by atoms with E-state index in [9.17, 15) is 0 Å². The van der Waals surface area contributed by atoms with Crippen molar-refractivity contribution in [2.24, 2.45) is 5.92 Å². The zero-order valence-electron chi connectivity index (χ0n) is 8.76. The van der Waals surface area contributed by atoms with E-state index in [1.165, 1.54) is 13.0 Å². The van der Waals surface area contributed by atoms with Gasteiger partial charge in [0.1, 0.15) is 0 Å². The van der Waals surface area contributed by atoms with Crippen LogP contribution in [0, 0.1) is 5.92 Å². The fraction of sp³-hybridized carbons (Fsp3) is 1.00. The van der Waals surface area contributed by atoms with E-state index in [1.54, 1.807) is 0 Å². The second-order valence-corrected chi connectivity index (χ2v) is 4.32. The summed E-state index contributed by atoms with van der Waals surface area (Å²) in [5, 5.41) is 0. The molecule has 0 bridgehead atoms. The number of rotatable bonds is 3. The van der Waals surface area contributed by atoms with E-state index in [-0.39, 0.29) is 5.54 Å². The molecule has 1 rings (SSSR count). The van der Waals surface area contributed by atoms with Crippen LogP contribution in [0.15, 0.2) is 0 Å². The van der Waals surface area contributed by atoms with Crippen LogP contribution >= 0.6 is 0 Å². The van der Waals surface area contributed by atoms with E-state index in [1.807, 2.05) is 0 Å². The van der Waals surface area contributed by atoms with Gasteiger partial charge in [-0.2, -0.15) is 0 Å². The number of ether oxygens (including phenoxy) is 1. The Bertz CT molecular complexity index is 149. The van der Waals surface area contributed by atoms with Crippen LogP contribution in [0.4, 0.5) is 0 Å². The molecule has 2 atom stereocenters. The third-order valence-electron chi connectivity index (χ3n) is 2.91. The lowest BCUT2D eigenvalue weighted by molar-refractivity contribution is 0.0419. The van der Waals surface area contributed by atoms with Gasteiger partial charge in [0.15, 0.2) is 0 Å². The van der Waals surface area contributed by atoms with Gasteiger partial charge in [0.2, 0.25) is 0 Å². The summed E-state index contributed by atoms with van der Waals surface area (Å²) < 4.78 is 5.50. The molecule has 1 heterocycles. The Labute approximate surface area is 75.9 Å². The van der Waals surface area contributed by atoms with Crippen LogP contribution in [0.3, 0.4) is 0 Å². The van der Waals surface area contributed by atoms with Crippen LogP contribution in [0.2, 0.25) is 0 Å². The van der Waals surface area contributed by atoms with Crippen LogP contribution in [-0.4, -0.2) is 37.2 Å². The molecule has 1 aliphatic heterocycles. The molecular formula is C10H21NO. The third-order valence-corrected chi connectivity index (χ3v) is 2.91. The third kappa shape index (κ3) is 1.99. The molecule has 0 aromatic heterocycles. The van der Waals surface area contributed by atoms with Crippen LogP contribution in [0.5, 0.6) is 0 Å². The molecule has 72 valence electrons. The molecule has 0 aromatic rings. The minimum Gasteiger partial charge on any atom is -0.380 e. The van der Waals surface area contributed by atoms with Crippen LogP contribution in [0.1, 0.15) is 27.2 Å². The summed E-state index contributed by atoms with van der Waals surface area (Å²) in [7, 11) is 2.20. The van der Waals surface area contributed by atoms with Gasteiger partial charge in [0, 0.05) is 18.7 Å². The number of likely N-dealkylation sites (N-methyl/N-ethyl adjacent to an activating group) is 1. The topological polar surface area (TPSA) is 12.5 Å². The molecule has 2 heteroatoms. The van der Waals surface area contributed by atoms with Crippen molar-refractivity contribution in [2.45, 2.75) is 32.7 Å². The van der Waals surface area contributed by atoms with Crippen LogP contribution in [-0.2, 0) is 4.74 Å². The predicted molar refractivity (Wildman–Crippen MR) is 51.3 cm³/mol. The molecule has 0 unspecified atom stereocenters. The maximum absolute atomic E-state index is 5.50. The van der Waals surface area contributed by atoms with Gasteiger partial charge in [-0.05, 0) is 33.2 Å². The maximum Gasteiger partial charge on any atom is 0.0647 e. The second kappa shape index (κ2) is 3.75. The molecule has 0 aromatic carbocycles. The SMILES string of the molecule is CCOC[C@]1(C)C[C@H](C)CN1C. The molecule has 0 saturated carbocycles. The van der Waals surface area contributed by atoms with E-state index in [4.69, 9.17) is 4.74 Å². The molecular weight excluding hydrogens is 150 g/mol. The Balaban J connectivity index is 2.46. The molecule has 1 aliphatic rings. The first-order chi connectivity index (χ1) is 5.58. The van der Waals surface area contributed by atoms with Crippen molar-refractivity contribution >= 4 is 0 Å². The minimum atomic E-state index is 0.287. The maximum atomic E-state index is 5.50. The van der Waals surface area contributed by atoms with E-state index in [0.29, 0.717) is 0 Å². The molecule has 0 radical (unpaired) electrons. The number of likely N-dealkylation sites (tertiary alicyclic amines) is 1. The first kappa shape index (κ1) is 10.0. The van der Waals surface area contributed by atoms with E-state index in [0.717, 1.165) is 19.1 Å². The molecule has 2 nitrogen and oxygen atoms in total. The highest BCUT2D eigenvalue weighted by Crippen LogP contribution is 2.31. The number of nitrogens with zero attached hydrogens (tertiary/aromatic N) is 1. The lowest BCUT2D eigenvalue weighted by Crippen LogP contribution is -2.42. The van der Waals surface area contributed by atoms with Crippen molar-refractivity contribution in [3.05, 3.63) is 0 Å². The molecule has 1 saturated heterocycles. The first-order valence-corrected chi connectivity index (χ1v) is 4.87. The van der Waals surface area contributed by atoms with Gasteiger partial charge in [-0.15, -0.1) is 0 Å². The average Bonchev–Trinajstić information content (AvgIpc) is 2.23. The van der Waals surface area contributed by atoms with Crippen molar-refractivity contribution in [2.75, 3.05) is 26.8 Å². The van der Waals surface area contributed by atoms with E-state index >= 15 is 0 Å². The Morgan fingerprint density at radius 2 is 2.25 bits per heavy atom. The van der Waals surface area contributed by atoms with Gasteiger partial charge in [-0.3, -0.25) is 4.90 Å². The van der Waals surface area contributed by atoms with Crippen LogP contribution in [0.25, 0.3) is 0 Å². The van der Waals surface area contributed by atoms with Crippen molar-refractivity contribution in [1.29, 1.82) is 0 Å². The Morgan fingerprint density at radius 1 is 1.58 bits per heavy atom. The van der Waals surface area contributed by atoms with Crippen molar-refractivity contribution in [3.8, 4) is 0 Å². The number of hydrogen-bond donors (Lipinski definition) is 0. The average molecular weight is 171 g/mol. The van der Waals surface area contributed by atoms with Gasteiger partial charge < -0.3 is 4.74 Å². The summed E-state index contributed by atoms with van der Waals surface area (Å²) in [6, 6.07) is 0. The highest BCUT2D eigenvalue weighted by atomic mass is 16.5. The van der Waals surface area contributed by atoms with Gasteiger partial charge in [-0.1, -0.05) is 6.92 Å². The largest absolute Gasteiger partial charge is 0.380 e. The second-order valence-electron chi connectivity index (χ2n) is 4.32. The summed E-state index contributed by atoms with van der Waals surface area (Å²) in [6.45, 7) is 9.59. The van der Waals surface area contributed by atoms with Crippen molar-refractivity contribution in [1.82, 2.24) is 4.90 Å². The zero-order chi connectivity index (χ0) is 9.19. The molecule has 0 aliphatic carbocycles. The summed E-state index contributed by atoms with van der Waals surface area (Å²) in [5.41, 5.74) is 0.287. The van der Waals surface area contributed by atoms with E-state index in [2.05, 4.69) is 32.7 Å². The summed E-state index contributed by atoms with van der Waals surface area (Å²) >= 11 is 0. The molecule has 0 spiro atoms. The fourth-order valence-electron chi connectivity index (χ4n) is 2.15. The van der Waals surface area contributed by atoms with Gasteiger partial charge in [0.05, 0.1) is 6.61 Å². The molecule has 0 amide bonds. The first-order valence-electron chi connectivity index (χ1n) is 4.87. The highest BCUT2D eigenvalue weighted by Gasteiger charge is 2.37. The van der Waals surface area contributed by atoms with Crippen molar-refractivity contribution in [3.63, 3.8) is 0 Å². The molecule has 0 N–H and O–H groups in total. The lowest BCUT2D eigenvalue weighted by atomic mass is 9.96. The summed E-state index contributed by atoms with van der Waals surface area (Å²) in [5.74, 6) is 0.820. The van der Waals surface area contributed by atoms with Gasteiger partial charge >= 0.3 is 0 Å². The van der Waals surface area contributed by atoms with Gasteiger partial charge in [0.25, 0.3) is 0 Å². The van der Waals surface area contributed by atoms with Crippen LogP contribution < -0.4 is 0 Å². The predicted octanol–water partition coefficient (Wildman–Crippen LogP) is 1.75. The Morgan fingerprint density at radius 3 is 2.67 bits per heavy atom. The smallest absolute Gasteiger partial charge is 0.0647 e. The number of hydrogen-bond acceptors (Lipinski definition) is 2. The molecule has 1 fully saturated rings. The van der Waals surface area contributed by atoms with E-state index < -0.39 is 0 Å².